The van der Waals surface area contributed by atoms with E-state index in [-0.39, 0.29) is 0 Å². The molecule has 0 bridgehead atoms. The molecule has 3 rings (SSSR count). The summed E-state index contributed by atoms with van der Waals surface area (Å²) in [6, 6.07) is 0. The highest BCUT2D eigenvalue weighted by Gasteiger charge is 2.25. The summed E-state index contributed by atoms with van der Waals surface area (Å²) in [4.78, 5) is 4.68. The molecule has 1 aromatic heterocycles. The van der Waals surface area contributed by atoms with Gasteiger partial charge in [0.1, 0.15) is 5.82 Å². The SMILES string of the molecule is CC1CCn2c(cnc2C2CCCC2)C1. The van der Waals surface area contributed by atoms with Crippen molar-refractivity contribution in [3.8, 4) is 0 Å². The highest BCUT2D eigenvalue weighted by molar-refractivity contribution is 5.13. The maximum absolute atomic E-state index is 4.68. The van der Waals surface area contributed by atoms with E-state index in [0.717, 1.165) is 11.8 Å². The highest BCUT2D eigenvalue weighted by Crippen LogP contribution is 2.35. The highest BCUT2D eigenvalue weighted by atomic mass is 15.1. The van der Waals surface area contributed by atoms with Crippen LogP contribution in [-0.4, -0.2) is 9.55 Å². The molecule has 0 spiro atoms. The van der Waals surface area contributed by atoms with Crippen molar-refractivity contribution in [1.29, 1.82) is 0 Å². The number of rotatable bonds is 1. The van der Waals surface area contributed by atoms with Crippen LogP contribution in [-0.2, 0) is 13.0 Å². The molecule has 0 N–H and O–H groups in total. The third-order valence-electron chi connectivity index (χ3n) is 4.09. The minimum atomic E-state index is 0.771. The first-order valence-corrected chi connectivity index (χ1v) is 6.39. The largest absolute Gasteiger partial charge is 0.332 e. The first-order valence-electron chi connectivity index (χ1n) is 6.39. The Morgan fingerprint density at radius 2 is 2.07 bits per heavy atom. The van der Waals surface area contributed by atoms with Gasteiger partial charge in [0.15, 0.2) is 0 Å². The summed E-state index contributed by atoms with van der Waals surface area (Å²) in [6.07, 6.45) is 10.2. The van der Waals surface area contributed by atoms with E-state index in [4.69, 9.17) is 0 Å². The van der Waals surface area contributed by atoms with Crippen LogP contribution in [0.25, 0.3) is 0 Å². The van der Waals surface area contributed by atoms with Crippen molar-refractivity contribution in [2.24, 2.45) is 5.92 Å². The molecular weight excluding hydrogens is 184 g/mol. The van der Waals surface area contributed by atoms with Crippen LogP contribution in [0.3, 0.4) is 0 Å². The molecule has 1 saturated carbocycles. The molecule has 0 saturated heterocycles. The average Bonchev–Trinajstić information content (AvgIpc) is 2.82. The summed E-state index contributed by atoms with van der Waals surface area (Å²) in [5, 5.41) is 0. The van der Waals surface area contributed by atoms with Crippen LogP contribution >= 0.6 is 0 Å². The van der Waals surface area contributed by atoms with Crippen LogP contribution in [0.5, 0.6) is 0 Å². The van der Waals surface area contributed by atoms with E-state index in [1.807, 2.05) is 0 Å². The molecule has 1 aliphatic heterocycles. The Balaban J connectivity index is 1.90. The number of aromatic nitrogens is 2. The normalized spacial score (nSPS) is 26.9. The lowest BCUT2D eigenvalue weighted by Gasteiger charge is -2.23. The molecule has 0 radical (unpaired) electrons. The Kier molecular flexibility index (Phi) is 2.30. The molecule has 82 valence electrons. The molecular formula is C13H20N2. The zero-order chi connectivity index (χ0) is 10.3. The van der Waals surface area contributed by atoms with Crippen molar-refractivity contribution in [1.82, 2.24) is 9.55 Å². The van der Waals surface area contributed by atoms with E-state index in [2.05, 4.69) is 22.7 Å². The summed E-state index contributed by atoms with van der Waals surface area (Å²) in [7, 11) is 0. The number of nitrogens with zero attached hydrogens (tertiary/aromatic N) is 2. The smallest absolute Gasteiger partial charge is 0.111 e. The summed E-state index contributed by atoms with van der Waals surface area (Å²) >= 11 is 0. The van der Waals surface area contributed by atoms with E-state index in [1.54, 1.807) is 0 Å². The fourth-order valence-corrected chi connectivity index (χ4v) is 3.17. The maximum atomic E-state index is 4.68. The van der Waals surface area contributed by atoms with Gasteiger partial charge in [0.05, 0.1) is 0 Å². The maximum Gasteiger partial charge on any atom is 0.111 e. The second-order valence-electron chi connectivity index (χ2n) is 5.34. The van der Waals surface area contributed by atoms with Crippen molar-refractivity contribution >= 4 is 0 Å². The molecule has 2 aliphatic rings. The van der Waals surface area contributed by atoms with E-state index in [1.165, 1.54) is 56.6 Å². The quantitative estimate of drug-likeness (QED) is 0.687. The molecule has 1 aliphatic carbocycles. The van der Waals surface area contributed by atoms with Crippen molar-refractivity contribution < 1.29 is 0 Å². The van der Waals surface area contributed by atoms with Crippen molar-refractivity contribution in [3.05, 3.63) is 17.7 Å². The average molecular weight is 204 g/mol. The molecule has 1 fully saturated rings. The Bertz CT molecular complexity index is 347. The van der Waals surface area contributed by atoms with Crippen LogP contribution in [0, 0.1) is 5.92 Å². The van der Waals surface area contributed by atoms with Gasteiger partial charge in [0.25, 0.3) is 0 Å². The van der Waals surface area contributed by atoms with E-state index in [0.29, 0.717) is 0 Å². The number of hydrogen-bond donors (Lipinski definition) is 0. The lowest BCUT2D eigenvalue weighted by molar-refractivity contribution is 0.402. The van der Waals surface area contributed by atoms with Gasteiger partial charge < -0.3 is 4.57 Å². The Morgan fingerprint density at radius 1 is 1.27 bits per heavy atom. The van der Waals surface area contributed by atoms with E-state index in [9.17, 15) is 0 Å². The second-order valence-corrected chi connectivity index (χ2v) is 5.34. The molecule has 0 aromatic carbocycles. The molecule has 1 atom stereocenters. The predicted octanol–water partition coefficient (Wildman–Crippen LogP) is 3.12. The second kappa shape index (κ2) is 3.66. The lowest BCUT2D eigenvalue weighted by Crippen LogP contribution is -2.19. The van der Waals surface area contributed by atoms with E-state index < -0.39 is 0 Å². The van der Waals surface area contributed by atoms with Gasteiger partial charge in [-0.05, 0) is 31.6 Å². The summed E-state index contributed by atoms with van der Waals surface area (Å²) in [6.45, 7) is 3.56. The Morgan fingerprint density at radius 3 is 2.87 bits per heavy atom. The standard InChI is InChI=1S/C13H20N2/c1-10-6-7-15-12(8-10)9-14-13(15)11-4-2-3-5-11/h9-11H,2-8H2,1H3. The van der Waals surface area contributed by atoms with Crippen LogP contribution in [0.2, 0.25) is 0 Å². The minimum Gasteiger partial charge on any atom is -0.332 e. The predicted molar refractivity (Wildman–Crippen MR) is 60.9 cm³/mol. The Labute approximate surface area is 91.7 Å². The van der Waals surface area contributed by atoms with Crippen LogP contribution < -0.4 is 0 Å². The van der Waals surface area contributed by atoms with Gasteiger partial charge >= 0.3 is 0 Å². The first kappa shape index (κ1) is 9.44. The molecule has 2 heteroatoms. The molecule has 0 amide bonds. The van der Waals surface area contributed by atoms with Gasteiger partial charge in [-0.2, -0.15) is 0 Å². The summed E-state index contributed by atoms with van der Waals surface area (Å²) in [5.41, 5.74) is 1.48. The van der Waals surface area contributed by atoms with Crippen LogP contribution in [0.4, 0.5) is 0 Å². The van der Waals surface area contributed by atoms with Gasteiger partial charge in [-0.3, -0.25) is 0 Å². The zero-order valence-electron chi connectivity index (χ0n) is 9.58. The van der Waals surface area contributed by atoms with Crippen molar-refractivity contribution in [3.63, 3.8) is 0 Å². The first-order chi connectivity index (χ1) is 7.34. The number of fused-ring (bicyclic) bond motifs is 1. The monoisotopic (exact) mass is 204 g/mol. The van der Waals surface area contributed by atoms with Gasteiger partial charge in [0.2, 0.25) is 0 Å². The topological polar surface area (TPSA) is 17.8 Å². The number of hydrogen-bond acceptors (Lipinski definition) is 1. The van der Waals surface area contributed by atoms with Gasteiger partial charge in [-0.25, -0.2) is 4.98 Å². The summed E-state index contributed by atoms with van der Waals surface area (Å²) in [5.74, 6) is 3.02. The zero-order valence-corrected chi connectivity index (χ0v) is 9.58. The van der Waals surface area contributed by atoms with Gasteiger partial charge in [-0.1, -0.05) is 19.8 Å². The van der Waals surface area contributed by atoms with Gasteiger partial charge in [-0.15, -0.1) is 0 Å². The number of imidazole rings is 1. The van der Waals surface area contributed by atoms with E-state index >= 15 is 0 Å². The molecule has 2 heterocycles. The van der Waals surface area contributed by atoms with Crippen LogP contribution in [0.15, 0.2) is 6.20 Å². The van der Waals surface area contributed by atoms with Crippen molar-refractivity contribution in [2.45, 2.75) is 57.9 Å². The third-order valence-corrected chi connectivity index (χ3v) is 4.09. The van der Waals surface area contributed by atoms with Crippen molar-refractivity contribution in [2.75, 3.05) is 0 Å². The molecule has 1 unspecified atom stereocenters. The third kappa shape index (κ3) is 1.60. The summed E-state index contributed by atoms with van der Waals surface area (Å²) < 4.78 is 2.51. The van der Waals surface area contributed by atoms with Gasteiger partial charge in [0, 0.05) is 24.4 Å². The lowest BCUT2D eigenvalue weighted by atomic mass is 9.98. The molecule has 1 aromatic rings. The van der Waals surface area contributed by atoms with Crippen LogP contribution in [0.1, 0.15) is 56.5 Å². The fraction of sp³-hybridized carbons (Fsp3) is 0.769. The molecule has 2 nitrogen and oxygen atoms in total. The Hall–Kier alpha value is -0.790. The molecule has 15 heavy (non-hydrogen) atoms. The minimum absolute atomic E-state index is 0.771. The fourth-order valence-electron chi connectivity index (χ4n) is 3.17.